The second-order valence-corrected chi connectivity index (χ2v) is 8.37. The fourth-order valence-corrected chi connectivity index (χ4v) is 3.69. The van der Waals surface area contributed by atoms with Crippen LogP contribution >= 0.6 is 33.9 Å². The van der Waals surface area contributed by atoms with Crippen molar-refractivity contribution in [2.45, 2.75) is 46.1 Å². The largest absolute Gasteiger partial charge is 0.378 e. The number of hydrogen-bond donors (Lipinski definition) is 1. The van der Waals surface area contributed by atoms with Gasteiger partial charge in [0.25, 0.3) is 0 Å². The minimum atomic E-state index is 0.121. The number of nitrogens with one attached hydrogen (secondary N) is 1. The summed E-state index contributed by atoms with van der Waals surface area (Å²) >= 11 is 4.16. The molecule has 1 heterocycles. The number of aromatic nitrogens is 1. The first-order chi connectivity index (χ1) is 9.27. The predicted octanol–water partition coefficient (Wildman–Crippen LogP) is 5.53. The average molecular weight is 400 g/mol. The number of anilines is 1. The molecule has 20 heavy (non-hydrogen) atoms. The molecular weight excluding hydrogens is 379 g/mol. The van der Waals surface area contributed by atoms with E-state index < -0.39 is 0 Å². The van der Waals surface area contributed by atoms with Crippen LogP contribution in [0.2, 0.25) is 0 Å². The van der Waals surface area contributed by atoms with Gasteiger partial charge in [-0.15, -0.1) is 11.3 Å². The molecule has 0 aliphatic heterocycles. The van der Waals surface area contributed by atoms with Gasteiger partial charge in [-0.3, -0.25) is 0 Å². The van der Waals surface area contributed by atoms with Crippen LogP contribution in [0.1, 0.15) is 49.3 Å². The standard InChI is InChI=1S/C16H21IN2S/c1-10(18-13-8-6-7-12(17)9-13)14-11(2)19-15(20-14)16(3,4)5/h6-10,18H,1-5H3. The molecule has 0 amide bonds. The number of nitrogens with zero attached hydrogens (tertiary/aromatic N) is 1. The van der Waals surface area contributed by atoms with Gasteiger partial charge in [0.15, 0.2) is 0 Å². The third-order valence-electron chi connectivity index (χ3n) is 3.08. The van der Waals surface area contributed by atoms with Crippen molar-refractivity contribution in [3.63, 3.8) is 0 Å². The van der Waals surface area contributed by atoms with Gasteiger partial charge in [-0.05, 0) is 54.6 Å². The number of aryl methyl sites for hydroxylation is 1. The van der Waals surface area contributed by atoms with Crippen molar-refractivity contribution in [1.82, 2.24) is 4.98 Å². The van der Waals surface area contributed by atoms with Gasteiger partial charge in [0.05, 0.1) is 16.7 Å². The van der Waals surface area contributed by atoms with Gasteiger partial charge in [-0.1, -0.05) is 26.8 Å². The summed E-state index contributed by atoms with van der Waals surface area (Å²) < 4.78 is 1.25. The molecule has 4 heteroatoms. The zero-order valence-corrected chi connectivity index (χ0v) is 15.6. The molecule has 0 bridgehead atoms. The van der Waals surface area contributed by atoms with Crippen molar-refractivity contribution >= 4 is 39.6 Å². The molecule has 1 N–H and O–H groups in total. The Hall–Kier alpha value is -0.620. The Morgan fingerprint density at radius 3 is 2.55 bits per heavy atom. The molecule has 0 aliphatic carbocycles. The van der Waals surface area contributed by atoms with Crippen LogP contribution in [0, 0.1) is 10.5 Å². The summed E-state index contributed by atoms with van der Waals surface area (Å²) in [6.07, 6.45) is 0. The predicted molar refractivity (Wildman–Crippen MR) is 96.7 cm³/mol. The Labute approximate surface area is 139 Å². The van der Waals surface area contributed by atoms with Crippen molar-refractivity contribution in [3.8, 4) is 0 Å². The summed E-state index contributed by atoms with van der Waals surface area (Å²) in [5, 5.41) is 4.78. The van der Waals surface area contributed by atoms with Crippen LogP contribution < -0.4 is 5.32 Å². The minimum absolute atomic E-state index is 0.121. The third kappa shape index (κ3) is 3.73. The van der Waals surface area contributed by atoms with Gasteiger partial charge < -0.3 is 5.32 Å². The Bertz CT molecular complexity index is 599. The zero-order valence-electron chi connectivity index (χ0n) is 12.6. The molecular formula is C16H21IN2S. The fourth-order valence-electron chi connectivity index (χ4n) is 2.02. The molecule has 0 fully saturated rings. The normalized spacial score (nSPS) is 13.3. The third-order valence-corrected chi connectivity index (χ3v) is 5.51. The highest BCUT2D eigenvalue weighted by atomic mass is 127. The summed E-state index contributed by atoms with van der Waals surface area (Å²) in [6, 6.07) is 8.74. The first kappa shape index (κ1) is 15.8. The quantitative estimate of drug-likeness (QED) is 0.686. The van der Waals surface area contributed by atoms with Crippen molar-refractivity contribution in [3.05, 3.63) is 43.4 Å². The van der Waals surface area contributed by atoms with Crippen LogP contribution in [0.3, 0.4) is 0 Å². The maximum absolute atomic E-state index is 4.74. The van der Waals surface area contributed by atoms with E-state index in [-0.39, 0.29) is 11.5 Å². The first-order valence-electron chi connectivity index (χ1n) is 6.77. The number of rotatable bonds is 3. The molecule has 0 saturated heterocycles. The molecule has 2 nitrogen and oxygen atoms in total. The summed E-state index contributed by atoms with van der Waals surface area (Å²) in [5.74, 6) is 0. The van der Waals surface area contributed by atoms with E-state index >= 15 is 0 Å². The van der Waals surface area contributed by atoms with E-state index in [0.29, 0.717) is 0 Å². The maximum atomic E-state index is 4.74. The fraction of sp³-hybridized carbons (Fsp3) is 0.438. The van der Waals surface area contributed by atoms with Crippen LogP contribution in [-0.2, 0) is 5.41 Å². The molecule has 0 saturated carbocycles. The monoisotopic (exact) mass is 400 g/mol. The molecule has 2 aromatic rings. The molecule has 0 spiro atoms. The van der Waals surface area contributed by atoms with Crippen LogP contribution in [0.4, 0.5) is 5.69 Å². The summed E-state index contributed by atoms with van der Waals surface area (Å²) in [5.41, 5.74) is 2.43. The zero-order chi connectivity index (χ0) is 14.9. The van der Waals surface area contributed by atoms with Crippen LogP contribution in [0.15, 0.2) is 24.3 Å². The van der Waals surface area contributed by atoms with Gasteiger partial charge in [0.1, 0.15) is 0 Å². The Balaban J connectivity index is 2.21. The lowest BCUT2D eigenvalue weighted by Crippen LogP contribution is -2.10. The molecule has 108 valence electrons. The van der Waals surface area contributed by atoms with Crippen molar-refractivity contribution in [1.29, 1.82) is 0 Å². The van der Waals surface area contributed by atoms with E-state index in [1.807, 2.05) is 11.3 Å². The van der Waals surface area contributed by atoms with E-state index in [1.54, 1.807) is 0 Å². The number of benzene rings is 1. The molecule has 1 aromatic heterocycles. The Kier molecular flexibility index (Phi) is 4.74. The van der Waals surface area contributed by atoms with Gasteiger partial charge in [0.2, 0.25) is 0 Å². The topological polar surface area (TPSA) is 24.9 Å². The summed E-state index contributed by atoms with van der Waals surface area (Å²) in [6.45, 7) is 11.0. The lowest BCUT2D eigenvalue weighted by atomic mass is 9.98. The van der Waals surface area contributed by atoms with E-state index in [1.165, 1.54) is 13.5 Å². The van der Waals surface area contributed by atoms with Gasteiger partial charge in [-0.25, -0.2) is 4.98 Å². The maximum Gasteiger partial charge on any atom is 0.0985 e. The number of thiazole rings is 1. The SMILES string of the molecule is Cc1nc(C(C)(C)C)sc1C(C)Nc1cccc(I)c1. The summed E-state index contributed by atoms with van der Waals surface area (Å²) in [4.78, 5) is 6.07. The van der Waals surface area contributed by atoms with Gasteiger partial charge >= 0.3 is 0 Å². The number of halogens is 1. The average Bonchev–Trinajstić information content (AvgIpc) is 2.71. The smallest absolute Gasteiger partial charge is 0.0985 e. The van der Waals surface area contributed by atoms with Gasteiger partial charge in [0, 0.05) is 19.5 Å². The van der Waals surface area contributed by atoms with Crippen molar-refractivity contribution in [2.75, 3.05) is 5.32 Å². The molecule has 2 rings (SSSR count). The van der Waals surface area contributed by atoms with Crippen LogP contribution in [0.5, 0.6) is 0 Å². The highest BCUT2D eigenvalue weighted by Crippen LogP contribution is 2.33. The highest BCUT2D eigenvalue weighted by Gasteiger charge is 2.22. The summed E-state index contributed by atoms with van der Waals surface area (Å²) in [7, 11) is 0. The van der Waals surface area contributed by atoms with E-state index in [2.05, 4.69) is 86.8 Å². The van der Waals surface area contributed by atoms with Crippen molar-refractivity contribution < 1.29 is 0 Å². The van der Waals surface area contributed by atoms with Crippen LogP contribution in [0.25, 0.3) is 0 Å². The molecule has 0 aliphatic rings. The number of hydrogen-bond acceptors (Lipinski definition) is 3. The first-order valence-corrected chi connectivity index (χ1v) is 8.67. The molecule has 1 unspecified atom stereocenters. The van der Waals surface area contributed by atoms with E-state index in [9.17, 15) is 0 Å². The second kappa shape index (κ2) is 6.02. The Morgan fingerprint density at radius 2 is 2.00 bits per heavy atom. The van der Waals surface area contributed by atoms with E-state index in [0.717, 1.165) is 11.4 Å². The van der Waals surface area contributed by atoms with Crippen molar-refractivity contribution in [2.24, 2.45) is 0 Å². The van der Waals surface area contributed by atoms with Gasteiger partial charge in [-0.2, -0.15) is 0 Å². The second-order valence-electron chi connectivity index (χ2n) is 6.10. The lowest BCUT2D eigenvalue weighted by molar-refractivity contribution is 0.584. The minimum Gasteiger partial charge on any atom is -0.378 e. The molecule has 0 radical (unpaired) electrons. The Morgan fingerprint density at radius 1 is 1.30 bits per heavy atom. The van der Waals surface area contributed by atoms with Crippen LogP contribution in [-0.4, -0.2) is 4.98 Å². The molecule has 1 aromatic carbocycles. The molecule has 1 atom stereocenters. The highest BCUT2D eigenvalue weighted by molar-refractivity contribution is 14.1. The lowest BCUT2D eigenvalue weighted by Gasteiger charge is -2.15. The van der Waals surface area contributed by atoms with E-state index in [4.69, 9.17) is 4.98 Å².